The molecule has 0 radical (unpaired) electrons. The van der Waals surface area contributed by atoms with Crippen molar-refractivity contribution in [1.29, 1.82) is 0 Å². The standard InChI is InChI=1S/C18H29NO2/c1-3-21-17-9-5-4-8-16(17)11-10-15(2)19-14-18(20)12-6-7-13-18/h4-5,8-9,15,19-20H,3,6-7,10-14H2,1-2H3. The minimum absolute atomic E-state index is 0.407. The van der Waals surface area contributed by atoms with Gasteiger partial charge < -0.3 is 15.2 Å². The Labute approximate surface area is 128 Å². The molecule has 1 atom stereocenters. The summed E-state index contributed by atoms with van der Waals surface area (Å²) >= 11 is 0. The van der Waals surface area contributed by atoms with Gasteiger partial charge in [-0.2, -0.15) is 0 Å². The normalized spacial score (nSPS) is 18.6. The number of hydrogen-bond acceptors (Lipinski definition) is 3. The van der Waals surface area contributed by atoms with Crippen LogP contribution in [0.25, 0.3) is 0 Å². The first-order chi connectivity index (χ1) is 10.1. The Hall–Kier alpha value is -1.06. The van der Waals surface area contributed by atoms with Crippen LogP contribution in [0, 0.1) is 0 Å². The highest BCUT2D eigenvalue weighted by molar-refractivity contribution is 5.33. The van der Waals surface area contributed by atoms with E-state index in [4.69, 9.17) is 4.74 Å². The summed E-state index contributed by atoms with van der Waals surface area (Å²) in [7, 11) is 0. The van der Waals surface area contributed by atoms with Crippen LogP contribution in [0.4, 0.5) is 0 Å². The van der Waals surface area contributed by atoms with Gasteiger partial charge in [-0.3, -0.25) is 0 Å². The molecule has 2 rings (SSSR count). The summed E-state index contributed by atoms with van der Waals surface area (Å²) < 4.78 is 5.67. The van der Waals surface area contributed by atoms with Crippen molar-refractivity contribution in [2.24, 2.45) is 0 Å². The van der Waals surface area contributed by atoms with E-state index in [9.17, 15) is 5.11 Å². The summed E-state index contributed by atoms with van der Waals surface area (Å²) in [5, 5.41) is 13.9. The first-order valence-corrected chi connectivity index (χ1v) is 8.29. The first kappa shape index (κ1) is 16.3. The maximum absolute atomic E-state index is 10.4. The lowest BCUT2D eigenvalue weighted by Gasteiger charge is -2.25. The van der Waals surface area contributed by atoms with Gasteiger partial charge in [0.15, 0.2) is 0 Å². The Morgan fingerprint density at radius 2 is 2.00 bits per heavy atom. The van der Waals surface area contributed by atoms with Crippen LogP contribution in [-0.2, 0) is 6.42 Å². The van der Waals surface area contributed by atoms with E-state index in [1.54, 1.807) is 0 Å². The van der Waals surface area contributed by atoms with Crippen LogP contribution in [0.3, 0.4) is 0 Å². The van der Waals surface area contributed by atoms with Crippen molar-refractivity contribution in [2.75, 3.05) is 13.2 Å². The molecule has 2 N–H and O–H groups in total. The van der Waals surface area contributed by atoms with E-state index in [0.717, 1.165) is 50.8 Å². The zero-order chi connectivity index (χ0) is 15.1. The van der Waals surface area contributed by atoms with Gasteiger partial charge in [0.2, 0.25) is 0 Å². The van der Waals surface area contributed by atoms with E-state index in [1.807, 2.05) is 19.1 Å². The molecule has 0 aliphatic heterocycles. The van der Waals surface area contributed by atoms with Gasteiger partial charge in [0.25, 0.3) is 0 Å². The second kappa shape index (κ2) is 7.81. The summed E-state index contributed by atoms with van der Waals surface area (Å²) in [4.78, 5) is 0. The topological polar surface area (TPSA) is 41.5 Å². The highest BCUT2D eigenvalue weighted by Crippen LogP contribution is 2.28. The van der Waals surface area contributed by atoms with Crippen LogP contribution in [0.2, 0.25) is 0 Å². The Morgan fingerprint density at radius 3 is 2.71 bits per heavy atom. The fourth-order valence-corrected chi connectivity index (χ4v) is 3.05. The average Bonchev–Trinajstić information content (AvgIpc) is 2.92. The summed E-state index contributed by atoms with van der Waals surface area (Å²) in [5.74, 6) is 1.00. The average molecular weight is 291 g/mol. The Morgan fingerprint density at radius 1 is 1.29 bits per heavy atom. The molecule has 1 aliphatic carbocycles. The van der Waals surface area contributed by atoms with Gasteiger partial charge in [-0.1, -0.05) is 31.0 Å². The third-order valence-electron chi connectivity index (χ3n) is 4.43. The molecule has 0 heterocycles. The fourth-order valence-electron chi connectivity index (χ4n) is 3.05. The summed E-state index contributed by atoms with van der Waals surface area (Å²) in [5.41, 5.74) is 0.810. The van der Waals surface area contributed by atoms with E-state index in [2.05, 4.69) is 24.4 Å². The van der Waals surface area contributed by atoms with E-state index in [0.29, 0.717) is 12.6 Å². The van der Waals surface area contributed by atoms with Gasteiger partial charge in [-0.15, -0.1) is 0 Å². The van der Waals surface area contributed by atoms with E-state index >= 15 is 0 Å². The Balaban J connectivity index is 1.77. The lowest BCUT2D eigenvalue weighted by molar-refractivity contribution is 0.0451. The summed E-state index contributed by atoms with van der Waals surface area (Å²) in [6.45, 7) is 5.64. The second-order valence-corrected chi connectivity index (χ2v) is 6.29. The zero-order valence-corrected chi connectivity index (χ0v) is 13.4. The quantitative estimate of drug-likeness (QED) is 0.772. The van der Waals surface area contributed by atoms with Crippen molar-refractivity contribution in [3.05, 3.63) is 29.8 Å². The molecular formula is C18H29NO2. The van der Waals surface area contributed by atoms with Crippen LogP contribution in [0.5, 0.6) is 5.75 Å². The molecule has 3 nitrogen and oxygen atoms in total. The van der Waals surface area contributed by atoms with Crippen molar-refractivity contribution < 1.29 is 9.84 Å². The van der Waals surface area contributed by atoms with Crippen LogP contribution >= 0.6 is 0 Å². The molecular weight excluding hydrogens is 262 g/mol. The molecule has 0 spiro atoms. The van der Waals surface area contributed by atoms with Crippen molar-refractivity contribution in [2.45, 2.75) is 64.0 Å². The number of nitrogens with one attached hydrogen (secondary N) is 1. The number of hydrogen-bond donors (Lipinski definition) is 2. The third kappa shape index (κ3) is 5.01. The fraction of sp³-hybridized carbons (Fsp3) is 0.667. The lowest BCUT2D eigenvalue weighted by Crippen LogP contribution is -2.41. The van der Waals surface area contributed by atoms with Crippen molar-refractivity contribution in [1.82, 2.24) is 5.32 Å². The first-order valence-electron chi connectivity index (χ1n) is 8.29. The molecule has 0 amide bonds. The predicted octanol–water partition coefficient (Wildman–Crippen LogP) is 3.30. The van der Waals surface area contributed by atoms with Crippen LogP contribution < -0.4 is 10.1 Å². The molecule has 3 heteroatoms. The third-order valence-corrected chi connectivity index (χ3v) is 4.43. The van der Waals surface area contributed by atoms with E-state index in [1.165, 1.54) is 5.56 Å². The van der Waals surface area contributed by atoms with Gasteiger partial charge >= 0.3 is 0 Å². The number of benzene rings is 1. The van der Waals surface area contributed by atoms with Crippen LogP contribution in [0.15, 0.2) is 24.3 Å². The zero-order valence-electron chi connectivity index (χ0n) is 13.4. The molecule has 21 heavy (non-hydrogen) atoms. The molecule has 0 bridgehead atoms. The predicted molar refractivity (Wildman–Crippen MR) is 86.8 cm³/mol. The SMILES string of the molecule is CCOc1ccccc1CCC(C)NCC1(O)CCCC1. The monoisotopic (exact) mass is 291 g/mol. The molecule has 1 aromatic carbocycles. The lowest BCUT2D eigenvalue weighted by atomic mass is 10.0. The van der Waals surface area contributed by atoms with E-state index in [-0.39, 0.29) is 0 Å². The number of para-hydroxylation sites is 1. The molecule has 0 aromatic heterocycles. The molecule has 118 valence electrons. The number of aliphatic hydroxyl groups is 1. The number of rotatable bonds is 8. The molecule has 1 unspecified atom stereocenters. The largest absolute Gasteiger partial charge is 0.494 e. The highest BCUT2D eigenvalue weighted by atomic mass is 16.5. The Kier molecular flexibility index (Phi) is 6.07. The molecule has 1 aromatic rings. The summed E-state index contributed by atoms with van der Waals surface area (Å²) in [6, 6.07) is 8.67. The van der Waals surface area contributed by atoms with Gasteiger partial charge in [0.05, 0.1) is 12.2 Å². The van der Waals surface area contributed by atoms with Gasteiger partial charge in [-0.05, 0) is 51.2 Å². The van der Waals surface area contributed by atoms with Gasteiger partial charge in [-0.25, -0.2) is 0 Å². The van der Waals surface area contributed by atoms with Gasteiger partial charge in [0.1, 0.15) is 5.75 Å². The highest BCUT2D eigenvalue weighted by Gasteiger charge is 2.30. The molecule has 1 fully saturated rings. The number of aryl methyl sites for hydroxylation is 1. The van der Waals surface area contributed by atoms with E-state index < -0.39 is 5.60 Å². The van der Waals surface area contributed by atoms with Crippen molar-refractivity contribution in [3.8, 4) is 5.75 Å². The molecule has 1 saturated carbocycles. The van der Waals surface area contributed by atoms with Crippen molar-refractivity contribution in [3.63, 3.8) is 0 Å². The minimum atomic E-state index is -0.461. The maximum atomic E-state index is 10.4. The summed E-state index contributed by atoms with van der Waals surface area (Å²) in [6.07, 6.45) is 6.27. The maximum Gasteiger partial charge on any atom is 0.122 e. The van der Waals surface area contributed by atoms with Crippen molar-refractivity contribution >= 4 is 0 Å². The van der Waals surface area contributed by atoms with Crippen LogP contribution in [-0.4, -0.2) is 29.9 Å². The minimum Gasteiger partial charge on any atom is -0.494 e. The molecule has 1 aliphatic rings. The van der Waals surface area contributed by atoms with Crippen LogP contribution in [0.1, 0.15) is 51.5 Å². The second-order valence-electron chi connectivity index (χ2n) is 6.29. The van der Waals surface area contributed by atoms with Gasteiger partial charge in [0, 0.05) is 12.6 Å². The smallest absolute Gasteiger partial charge is 0.122 e. The Bertz CT molecular complexity index is 427. The molecule has 0 saturated heterocycles. The number of ether oxygens (including phenoxy) is 1.